The molecule has 0 fully saturated rings. The van der Waals surface area contributed by atoms with Gasteiger partial charge in [0.1, 0.15) is 5.69 Å². The average Bonchev–Trinajstić information content (AvgIpc) is 3.13. The van der Waals surface area contributed by atoms with Crippen LogP contribution < -0.4 is 5.32 Å². The number of pyridine rings is 1. The zero-order valence-corrected chi connectivity index (χ0v) is 17.6. The van der Waals surface area contributed by atoms with Crippen molar-refractivity contribution in [2.45, 2.75) is 20.8 Å². The number of aromatic nitrogens is 4. The Hall–Kier alpha value is -4.00. The third-order valence-corrected chi connectivity index (χ3v) is 4.81. The lowest BCUT2D eigenvalue weighted by atomic mass is 9.98. The zero-order valence-electron chi connectivity index (χ0n) is 17.6. The van der Waals surface area contributed by atoms with E-state index < -0.39 is 5.97 Å². The second-order valence-corrected chi connectivity index (χ2v) is 7.04. The minimum absolute atomic E-state index is 0.298. The van der Waals surface area contributed by atoms with Crippen molar-refractivity contribution in [3.8, 4) is 22.4 Å². The first kappa shape index (κ1) is 20.3. The Morgan fingerprint density at radius 3 is 2.55 bits per heavy atom. The number of carbonyl (C=O) groups is 1. The van der Waals surface area contributed by atoms with E-state index in [0.29, 0.717) is 23.9 Å². The highest BCUT2D eigenvalue weighted by Gasteiger charge is 2.24. The van der Waals surface area contributed by atoms with Crippen LogP contribution >= 0.6 is 0 Å². The van der Waals surface area contributed by atoms with Gasteiger partial charge in [0.05, 0.1) is 24.2 Å². The van der Waals surface area contributed by atoms with Crippen molar-refractivity contribution in [2.24, 2.45) is 0 Å². The summed E-state index contributed by atoms with van der Waals surface area (Å²) in [5.74, 6) is 0.0503. The number of aromatic amines is 1. The molecule has 0 radical (unpaired) electrons. The van der Waals surface area contributed by atoms with Crippen molar-refractivity contribution in [1.82, 2.24) is 19.9 Å². The molecule has 0 aliphatic rings. The molecule has 156 valence electrons. The van der Waals surface area contributed by atoms with Crippen LogP contribution in [-0.4, -0.2) is 32.5 Å². The first-order valence-electron chi connectivity index (χ1n) is 10.0. The zero-order chi connectivity index (χ0) is 21.8. The Morgan fingerprint density at radius 1 is 1.03 bits per heavy atom. The van der Waals surface area contributed by atoms with Gasteiger partial charge in [0, 0.05) is 28.7 Å². The van der Waals surface area contributed by atoms with Crippen LogP contribution in [-0.2, 0) is 4.74 Å². The van der Waals surface area contributed by atoms with Crippen molar-refractivity contribution in [3.05, 3.63) is 78.0 Å². The second-order valence-electron chi connectivity index (χ2n) is 7.04. The minimum Gasteiger partial charge on any atom is -0.461 e. The highest BCUT2D eigenvalue weighted by atomic mass is 16.5. The standard InChI is InChI=1S/C24H23N5O2/c1-4-31-23(30)22-21(17-8-6-5-7-9-17)20(16(3)27-22)19-12-13-25-24(29-19)28-18-11-10-15(2)26-14-18/h5-14,27H,4H2,1-3H3,(H,25,28,29). The quantitative estimate of drug-likeness (QED) is 0.429. The van der Waals surface area contributed by atoms with Gasteiger partial charge in [-0.25, -0.2) is 14.8 Å². The number of nitrogens with zero attached hydrogens (tertiary/aromatic N) is 3. The van der Waals surface area contributed by atoms with E-state index in [-0.39, 0.29) is 0 Å². The van der Waals surface area contributed by atoms with Crippen LogP contribution in [0.25, 0.3) is 22.4 Å². The monoisotopic (exact) mass is 413 g/mol. The number of ether oxygens (including phenoxy) is 1. The van der Waals surface area contributed by atoms with Crippen LogP contribution in [0.4, 0.5) is 11.6 Å². The number of esters is 1. The number of hydrogen-bond donors (Lipinski definition) is 2. The van der Waals surface area contributed by atoms with Gasteiger partial charge in [0.15, 0.2) is 0 Å². The van der Waals surface area contributed by atoms with Crippen LogP contribution in [0.2, 0.25) is 0 Å². The topological polar surface area (TPSA) is 92.8 Å². The summed E-state index contributed by atoms with van der Waals surface area (Å²) in [6.07, 6.45) is 3.43. The molecule has 0 amide bonds. The van der Waals surface area contributed by atoms with Crippen LogP contribution in [0.5, 0.6) is 0 Å². The van der Waals surface area contributed by atoms with Crippen molar-refractivity contribution >= 4 is 17.6 Å². The summed E-state index contributed by atoms with van der Waals surface area (Å²) in [7, 11) is 0. The molecule has 7 nitrogen and oxygen atoms in total. The molecule has 7 heteroatoms. The molecule has 0 atom stereocenters. The van der Waals surface area contributed by atoms with Crippen molar-refractivity contribution in [1.29, 1.82) is 0 Å². The van der Waals surface area contributed by atoms with E-state index in [2.05, 4.69) is 20.3 Å². The van der Waals surface area contributed by atoms with Gasteiger partial charge in [0.25, 0.3) is 0 Å². The molecular weight excluding hydrogens is 390 g/mol. The molecule has 0 bridgehead atoms. The molecule has 0 aliphatic carbocycles. The van der Waals surface area contributed by atoms with E-state index in [0.717, 1.165) is 33.8 Å². The van der Waals surface area contributed by atoms with Crippen molar-refractivity contribution in [2.75, 3.05) is 11.9 Å². The van der Waals surface area contributed by atoms with Crippen LogP contribution in [0, 0.1) is 13.8 Å². The molecule has 31 heavy (non-hydrogen) atoms. The highest BCUT2D eigenvalue weighted by molar-refractivity contribution is 6.01. The summed E-state index contributed by atoms with van der Waals surface area (Å²) in [5.41, 5.74) is 6.16. The van der Waals surface area contributed by atoms with E-state index in [1.165, 1.54) is 0 Å². The number of benzene rings is 1. The maximum absolute atomic E-state index is 12.7. The molecule has 0 spiro atoms. The maximum Gasteiger partial charge on any atom is 0.355 e. The summed E-state index contributed by atoms with van der Waals surface area (Å²) < 4.78 is 5.28. The lowest BCUT2D eigenvalue weighted by molar-refractivity contribution is 0.0521. The molecule has 0 unspecified atom stereocenters. The first-order chi connectivity index (χ1) is 15.1. The fourth-order valence-corrected chi connectivity index (χ4v) is 3.42. The van der Waals surface area contributed by atoms with Gasteiger partial charge in [-0.15, -0.1) is 0 Å². The van der Waals surface area contributed by atoms with E-state index >= 15 is 0 Å². The molecule has 1 aromatic carbocycles. The number of rotatable bonds is 6. The van der Waals surface area contributed by atoms with Gasteiger partial charge >= 0.3 is 5.97 Å². The number of carbonyl (C=O) groups excluding carboxylic acids is 1. The van der Waals surface area contributed by atoms with Gasteiger partial charge in [-0.2, -0.15) is 0 Å². The summed E-state index contributed by atoms with van der Waals surface area (Å²) in [4.78, 5) is 29.2. The summed E-state index contributed by atoms with van der Waals surface area (Å²) >= 11 is 0. The second kappa shape index (κ2) is 8.79. The minimum atomic E-state index is -0.395. The fourth-order valence-electron chi connectivity index (χ4n) is 3.42. The maximum atomic E-state index is 12.7. The average molecular weight is 413 g/mol. The van der Waals surface area contributed by atoms with E-state index in [9.17, 15) is 4.79 Å². The van der Waals surface area contributed by atoms with Crippen molar-refractivity contribution in [3.63, 3.8) is 0 Å². The molecule has 0 saturated carbocycles. The van der Waals surface area contributed by atoms with Crippen LogP contribution in [0.3, 0.4) is 0 Å². The fraction of sp³-hybridized carbons (Fsp3) is 0.167. The lowest BCUT2D eigenvalue weighted by Crippen LogP contribution is -2.06. The SMILES string of the molecule is CCOC(=O)c1[nH]c(C)c(-c2ccnc(Nc3ccc(C)nc3)n2)c1-c1ccccc1. The van der Waals surface area contributed by atoms with Crippen LogP contribution in [0.1, 0.15) is 28.8 Å². The Balaban J connectivity index is 1.80. The Labute approximate surface area is 180 Å². The molecule has 0 aliphatic heterocycles. The molecule has 4 rings (SSSR count). The van der Waals surface area contributed by atoms with Crippen molar-refractivity contribution < 1.29 is 9.53 Å². The summed E-state index contributed by atoms with van der Waals surface area (Å²) in [6.45, 7) is 5.94. The number of H-pyrrole nitrogens is 1. The molecule has 3 aromatic heterocycles. The Kier molecular flexibility index (Phi) is 5.75. The Bertz CT molecular complexity index is 1200. The Morgan fingerprint density at radius 2 is 1.84 bits per heavy atom. The third-order valence-electron chi connectivity index (χ3n) is 4.81. The lowest BCUT2D eigenvalue weighted by Gasteiger charge is -2.10. The summed E-state index contributed by atoms with van der Waals surface area (Å²) in [6, 6.07) is 15.4. The molecule has 4 aromatic rings. The third kappa shape index (κ3) is 4.30. The number of anilines is 2. The summed E-state index contributed by atoms with van der Waals surface area (Å²) in [5, 5.41) is 3.18. The largest absolute Gasteiger partial charge is 0.461 e. The predicted molar refractivity (Wildman–Crippen MR) is 120 cm³/mol. The molecule has 3 heterocycles. The van der Waals surface area contributed by atoms with E-state index in [1.54, 1.807) is 19.3 Å². The first-order valence-corrected chi connectivity index (χ1v) is 10.0. The highest BCUT2D eigenvalue weighted by Crippen LogP contribution is 2.37. The van der Waals surface area contributed by atoms with E-state index in [1.807, 2.05) is 62.4 Å². The number of aryl methyl sites for hydroxylation is 2. The van der Waals surface area contributed by atoms with E-state index in [4.69, 9.17) is 9.72 Å². The number of nitrogens with one attached hydrogen (secondary N) is 2. The van der Waals surface area contributed by atoms with Gasteiger partial charge in [0.2, 0.25) is 5.95 Å². The molecular formula is C24H23N5O2. The predicted octanol–water partition coefficient (Wildman–Crippen LogP) is 5.07. The van der Waals surface area contributed by atoms with Gasteiger partial charge in [-0.3, -0.25) is 4.98 Å². The van der Waals surface area contributed by atoms with Gasteiger partial charge < -0.3 is 15.0 Å². The smallest absolute Gasteiger partial charge is 0.355 e. The molecule has 2 N–H and O–H groups in total. The van der Waals surface area contributed by atoms with Gasteiger partial charge in [-0.1, -0.05) is 30.3 Å². The number of hydrogen-bond acceptors (Lipinski definition) is 6. The molecule has 0 saturated heterocycles. The normalized spacial score (nSPS) is 10.7. The van der Waals surface area contributed by atoms with Gasteiger partial charge in [-0.05, 0) is 44.5 Å². The van der Waals surface area contributed by atoms with Crippen LogP contribution in [0.15, 0.2) is 60.9 Å².